The van der Waals surface area contributed by atoms with Gasteiger partial charge in [0.15, 0.2) is 17.5 Å². The van der Waals surface area contributed by atoms with Gasteiger partial charge in [-0.05, 0) is 45.0 Å². The number of ether oxygens (including phenoxy) is 2. The van der Waals surface area contributed by atoms with E-state index in [1.54, 1.807) is 54.3 Å². The first-order chi connectivity index (χ1) is 26.5. The van der Waals surface area contributed by atoms with Crippen molar-refractivity contribution < 1.29 is 26.7 Å². The van der Waals surface area contributed by atoms with Gasteiger partial charge >= 0.3 is 0 Å². The van der Waals surface area contributed by atoms with Crippen LogP contribution >= 0.6 is 0 Å². The van der Waals surface area contributed by atoms with E-state index >= 15 is 0 Å². The highest BCUT2D eigenvalue weighted by Crippen LogP contribution is 2.30. The summed E-state index contributed by atoms with van der Waals surface area (Å²) in [6.07, 6.45) is 6.17. The molecule has 2 fully saturated rings. The highest BCUT2D eigenvalue weighted by Gasteiger charge is 2.24. The lowest BCUT2D eigenvalue weighted by molar-refractivity contribution is 0.0985. The fraction of sp³-hybridized carbons (Fsp3) is 0.417. The van der Waals surface area contributed by atoms with Gasteiger partial charge in [0.2, 0.25) is 11.9 Å². The molecular formula is C36H46F2N12O4S2. The van der Waals surface area contributed by atoms with Crippen LogP contribution in [0.3, 0.4) is 0 Å². The molecule has 0 bridgehead atoms. The maximum Gasteiger partial charge on any atom is 0.239 e. The van der Waals surface area contributed by atoms with Gasteiger partial charge in [0.05, 0.1) is 55.4 Å². The number of nitrogen functional groups attached to an aromatic ring is 1. The molecule has 2 aromatic carbocycles. The summed E-state index contributed by atoms with van der Waals surface area (Å²) in [5, 5.41) is 2.94. The number of nitrogens with two attached hydrogens (primary N) is 1. The number of para-hydroxylation sites is 2. The van der Waals surface area contributed by atoms with E-state index in [2.05, 4.69) is 43.8 Å². The standard InChI is InChI=1S/C19H23FN6O2S.C17H23FN6O2S/c1-12-11-28-9-8-25(12)17-10-16(24-29(3,4)27)22-19(23-17)26-13(2)21-18-14(20)6-5-7-15(18)26;1-11-10-26-8-7-24(11)15-9-14(23-27(2,3)25)21-17(22-15)20-13-6-4-5-12(18)16(13)19/h5-7,10,12H,8-9,11H2,1-4H3;4-6,9,11H,7-8,10,19H2,1-3H3,(H,20,21,22)/t12-;11-/m11/s1. The number of hydrogen-bond donors (Lipinski definition) is 2. The van der Waals surface area contributed by atoms with E-state index in [9.17, 15) is 17.2 Å². The van der Waals surface area contributed by atoms with Crippen LogP contribution in [0.25, 0.3) is 17.0 Å². The Balaban J connectivity index is 0.000000190. The van der Waals surface area contributed by atoms with Crippen molar-refractivity contribution in [3.05, 3.63) is 66.0 Å². The van der Waals surface area contributed by atoms with Gasteiger partial charge in [0, 0.05) is 69.7 Å². The van der Waals surface area contributed by atoms with Crippen LogP contribution in [-0.4, -0.2) is 115 Å². The van der Waals surface area contributed by atoms with E-state index in [4.69, 9.17) is 20.2 Å². The lowest BCUT2D eigenvalue weighted by Crippen LogP contribution is -2.44. The average molecular weight is 813 g/mol. The third-order valence-electron chi connectivity index (χ3n) is 8.64. The minimum Gasteiger partial charge on any atom is -0.395 e. The number of nitrogens with zero attached hydrogens (tertiary/aromatic N) is 10. The maximum atomic E-state index is 14.2. The van der Waals surface area contributed by atoms with Gasteiger partial charge in [-0.15, -0.1) is 0 Å². The molecule has 7 rings (SSSR count). The molecule has 300 valence electrons. The summed E-state index contributed by atoms with van der Waals surface area (Å²) in [6.45, 7) is 9.51. The Morgan fingerprint density at radius 2 is 1.34 bits per heavy atom. The Labute approximate surface area is 325 Å². The maximum absolute atomic E-state index is 14.2. The molecule has 20 heteroatoms. The van der Waals surface area contributed by atoms with Gasteiger partial charge in [-0.3, -0.25) is 4.57 Å². The molecule has 3 N–H and O–H groups in total. The molecule has 2 aliphatic heterocycles. The molecule has 0 unspecified atom stereocenters. The molecular weight excluding hydrogens is 767 g/mol. The van der Waals surface area contributed by atoms with Crippen LogP contribution in [-0.2, 0) is 28.9 Å². The fourth-order valence-corrected chi connectivity index (χ4v) is 7.25. The lowest BCUT2D eigenvalue weighted by atomic mass is 10.2. The van der Waals surface area contributed by atoms with Crippen molar-refractivity contribution in [2.24, 2.45) is 8.73 Å². The van der Waals surface area contributed by atoms with Gasteiger partial charge in [-0.25, -0.2) is 22.2 Å². The van der Waals surface area contributed by atoms with E-state index in [0.29, 0.717) is 79.9 Å². The molecule has 2 aliphatic rings. The number of anilines is 5. The van der Waals surface area contributed by atoms with Gasteiger partial charge in [0.1, 0.15) is 28.8 Å². The first kappa shape index (κ1) is 40.6. The highest BCUT2D eigenvalue weighted by atomic mass is 32.2. The predicted octanol–water partition coefficient (Wildman–Crippen LogP) is 5.37. The zero-order valence-corrected chi connectivity index (χ0v) is 33.9. The van der Waals surface area contributed by atoms with Crippen molar-refractivity contribution in [3.63, 3.8) is 0 Å². The van der Waals surface area contributed by atoms with E-state index in [1.807, 2.05) is 13.8 Å². The summed E-state index contributed by atoms with van der Waals surface area (Å²) in [6, 6.07) is 12.9. The second kappa shape index (κ2) is 16.6. The number of morpholine rings is 2. The van der Waals surface area contributed by atoms with Gasteiger partial charge in [-0.1, -0.05) is 12.1 Å². The van der Waals surface area contributed by atoms with Crippen molar-refractivity contribution >= 4 is 71.1 Å². The van der Waals surface area contributed by atoms with E-state index in [1.165, 1.54) is 30.7 Å². The second-order valence-corrected chi connectivity index (χ2v) is 19.1. The molecule has 0 radical (unpaired) electrons. The van der Waals surface area contributed by atoms with E-state index in [-0.39, 0.29) is 35.1 Å². The van der Waals surface area contributed by atoms with Gasteiger partial charge < -0.3 is 30.3 Å². The molecule has 0 spiro atoms. The quantitative estimate of drug-likeness (QED) is 0.200. The zero-order valence-electron chi connectivity index (χ0n) is 32.3. The zero-order chi connectivity index (χ0) is 40.4. The summed E-state index contributed by atoms with van der Waals surface area (Å²) in [5.74, 6) is 2.01. The molecule has 0 aliphatic carbocycles. The van der Waals surface area contributed by atoms with Crippen molar-refractivity contribution in [2.45, 2.75) is 32.9 Å². The third kappa shape index (κ3) is 9.84. The second-order valence-electron chi connectivity index (χ2n) is 14.0. The number of aromatic nitrogens is 6. The van der Waals surface area contributed by atoms with Crippen LogP contribution in [0.2, 0.25) is 0 Å². The lowest BCUT2D eigenvalue weighted by Gasteiger charge is -2.34. The molecule has 56 heavy (non-hydrogen) atoms. The smallest absolute Gasteiger partial charge is 0.239 e. The van der Waals surface area contributed by atoms with Crippen molar-refractivity contribution in [1.82, 2.24) is 29.5 Å². The van der Waals surface area contributed by atoms with Crippen molar-refractivity contribution in [1.29, 1.82) is 0 Å². The molecule has 3 aromatic heterocycles. The Morgan fingerprint density at radius 3 is 1.93 bits per heavy atom. The number of imidazole rings is 1. The fourth-order valence-electron chi connectivity index (χ4n) is 6.16. The monoisotopic (exact) mass is 812 g/mol. The largest absolute Gasteiger partial charge is 0.395 e. The molecule has 0 amide bonds. The predicted molar refractivity (Wildman–Crippen MR) is 217 cm³/mol. The van der Waals surface area contributed by atoms with Crippen molar-refractivity contribution in [3.8, 4) is 5.95 Å². The number of hydrogen-bond acceptors (Lipinski definition) is 15. The summed E-state index contributed by atoms with van der Waals surface area (Å²) in [5.41, 5.74) is 6.93. The third-order valence-corrected chi connectivity index (χ3v) is 9.89. The van der Waals surface area contributed by atoms with Crippen molar-refractivity contribution in [2.75, 3.05) is 85.4 Å². The summed E-state index contributed by atoms with van der Waals surface area (Å²) < 4.78 is 73.5. The molecule has 0 saturated carbocycles. The Hall–Kier alpha value is -5.05. The Morgan fingerprint density at radius 1 is 0.786 bits per heavy atom. The van der Waals surface area contributed by atoms with E-state index in [0.717, 1.165) is 0 Å². The normalized spacial score (nSPS) is 17.7. The van der Waals surface area contributed by atoms with E-state index < -0.39 is 31.1 Å². The number of halogens is 2. The van der Waals surface area contributed by atoms with Crippen LogP contribution < -0.4 is 20.9 Å². The van der Waals surface area contributed by atoms with Crippen LogP contribution in [0, 0.1) is 18.6 Å². The molecule has 5 heterocycles. The van der Waals surface area contributed by atoms with Crippen LogP contribution in [0.4, 0.5) is 49.4 Å². The topological polar surface area (TPSA) is 191 Å². The molecule has 2 atom stereocenters. The highest BCUT2D eigenvalue weighted by molar-refractivity contribution is 7.92. The van der Waals surface area contributed by atoms with Crippen LogP contribution in [0.5, 0.6) is 0 Å². The SMILES string of the molecule is C[C@@H]1COCCN1c1cc(N=S(C)(C)=O)nc(Nc2cccc(F)c2N)n1.Cc1nc2c(F)cccc2n1-c1nc(N=S(C)(C)=O)cc(N2CCOC[C@H]2C)n1. The summed E-state index contributed by atoms with van der Waals surface area (Å²) in [7, 11) is -4.84. The molecule has 16 nitrogen and oxygen atoms in total. The first-order valence-electron chi connectivity index (χ1n) is 17.7. The number of nitrogens with one attached hydrogen (secondary N) is 1. The van der Waals surface area contributed by atoms with Crippen LogP contribution in [0.1, 0.15) is 19.7 Å². The Bertz CT molecular complexity index is 2490. The minimum absolute atomic E-state index is 0.0282. The number of benzene rings is 2. The summed E-state index contributed by atoms with van der Waals surface area (Å²) >= 11 is 0. The number of aryl methyl sites for hydroxylation is 1. The summed E-state index contributed by atoms with van der Waals surface area (Å²) in [4.78, 5) is 26.6. The van der Waals surface area contributed by atoms with Gasteiger partial charge in [-0.2, -0.15) is 28.7 Å². The average Bonchev–Trinajstić information content (AvgIpc) is 3.46. The van der Waals surface area contributed by atoms with Gasteiger partial charge in [0.25, 0.3) is 0 Å². The first-order valence-corrected chi connectivity index (χ1v) is 22.4. The Kier molecular flexibility index (Phi) is 12.0. The number of fused-ring (bicyclic) bond motifs is 1. The molecule has 2 saturated heterocycles. The minimum atomic E-state index is -2.43. The van der Waals surface area contributed by atoms with Crippen LogP contribution in [0.15, 0.2) is 57.3 Å². The molecule has 5 aromatic rings. The number of rotatable bonds is 7.